The van der Waals surface area contributed by atoms with E-state index < -0.39 is 0 Å². The normalized spacial score (nSPS) is 44.6. The first-order chi connectivity index (χ1) is 13.3. The molecule has 4 aliphatic carbocycles. The fraction of sp³-hybridized carbons (Fsp3) is 0.962. The van der Waals surface area contributed by atoms with E-state index in [0.717, 1.165) is 42.9 Å². The number of fused-ring (bicyclic) bond motifs is 3. The molecule has 4 aliphatic rings. The van der Waals surface area contributed by atoms with Gasteiger partial charge < -0.3 is 4.74 Å². The number of rotatable bonds is 3. The Morgan fingerprint density at radius 1 is 0.893 bits per heavy atom. The molecule has 0 N–H and O–H groups in total. The molecule has 0 heterocycles. The second-order valence-electron chi connectivity index (χ2n) is 11.8. The molecule has 160 valence electrons. The molecule has 2 nitrogen and oxygen atoms in total. The van der Waals surface area contributed by atoms with Gasteiger partial charge in [0.15, 0.2) is 0 Å². The summed E-state index contributed by atoms with van der Waals surface area (Å²) in [5.74, 6) is 4.18. The summed E-state index contributed by atoms with van der Waals surface area (Å²) in [6.07, 6.45) is 16.6. The highest BCUT2D eigenvalue weighted by Crippen LogP contribution is 2.64. The first kappa shape index (κ1) is 20.7. The maximum atomic E-state index is 13.5. The van der Waals surface area contributed by atoms with Crippen LogP contribution in [-0.2, 0) is 9.53 Å². The van der Waals surface area contributed by atoms with E-state index >= 15 is 0 Å². The van der Waals surface area contributed by atoms with E-state index in [9.17, 15) is 4.79 Å². The third-order valence-corrected chi connectivity index (χ3v) is 9.91. The van der Waals surface area contributed by atoms with E-state index in [0.29, 0.717) is 11.3 Å². The average Bonchev–Trinajstić information content (AvgIpc) is 2.68. The van der Waals surface area contributed by atoms with Gasteiger partial charge in [0.2, 0.25) is 0 Å². The average molecular weight is 389 g/mol. The predicted octanol–water partition coefficient (Wildman–Crippen LogP) is 7.16. The smallest absolute Gasteiger partial charge is 0.312 e. The Bertz CT molecular complexity index is 563. The van der Waals surface area contributed by atoms with Crippen LogP contribution in [0.4, 0.5) is 0 Å². The molecule has 0 bridgehead atoms. The molecule has 2 heteroatoms. The largest absolute Gasteiger partial charge is 0.462 e. The van der Waals surface area contributed by atoms with Crippen molar-refractivity contribution in [3.63, 3.8) is 0 Å². The van der Waals surface area contributed by atoms with Crippen LogP contribution in [0.2, 0.25) is 0 Å². The van der Waals surface area contributed by atoms with Gasteiger partial charge in [0.05, 0.1) is 5.41 Å². The maximum absolute atomic E-state index is 13.5. The molecule has 0 aromatic carbocycles. The molecular formula is C26H44O2. The van der Waals surface area contributed by atoms with Gasteiger partial charge in [0.25, 0.3) is 0 Å². The van der Waals surface area contributed by atoms with Gasteiger partial charge in [-0.1, -0.05) is 33.6 Å². The van der Waals surface area contributed by atoms with Crippen molar-refractivity contribution in [2.75, 3.05) is 0 Å². The highest BCUT2D eigenvalue weighted by Gasteiger charge is 2.59. The lowest BCUT2D eigenvalue weighted by atomic mass is 9.43. The summed E-state index contributed by atoms with van der Waals surface area (Å²) in [6.45, 7) is 9.67. The van der Waals surface area contributed by atoms with Crippen LogP contribution in [0.1, 0.15) is 111 Å². The molecular weight excluding hydrogens is 344 g/mol. The lowest BCUT2D eigenvalue weighted by Gasteiger charge is -2.61. The third kappa shape index (κ3) is 3.56. The third-order valence-electron chi connectivity index (χ3n) is 9.91. The number of carbonyl (C=O) groups is 1. The minimum absolute atomic E-state index is 0.157. The zero-order valence-electron chi connectivity index (χ0n) is 19.0. The Labute approximate surface area is 173 Å². The molecule has 0 aromatic heterocycles. The molecule has 0 aliphatic heterocycles. The van der Waals surface area contributed by atoms with E-state index in [1.165, 1.54) is 64.2 Å². The number of esters is 1. The van der Waals surface area contributed by atoms with Gasteiger partial charge in [0.1, 0.15) is 6.10 Å². The van der Waals surface area contributed by atoms with Crippen LogP contribution in [0.25, 0.3) is 0 Å². The van der Waals surface area contributed by atoms with Gasteiger partial charge in [-0.3, -0.25) is 4.79 Å². The summed E-state index contributed by atoms with van der Waals surface area (Å²) in [7, 11) is 0. The second kappa shape index (κ2) is 7.95. The van der Waals surface area contributed by atoms with Gasteiger partial charge in [-0.05, 0) is 113 Å². The van der Waals surface area contributed by atoms with Crippen molar-refractivity contribution < 1.29 is 9.53 Å². The zero-order chi connectivity index (χ0) is 19.9. The molecule has 28 heavy (non-hydrogen) atoms. The molecule has 4 fully saturated rings. The number of ether oxygens (including phenoxy) is 1. The summed E-state index contributed by atoms with van der Waals surface area (Å²) in [4.78, 5) is 13.5. The molecule has 3 unspecified atom stereocenters. The van der Waals surface area contributed by atoms with Crippen LogP contribution in [0.5, 0.6) is 0 Å². The zero-order valence-corrected chi connectivity index (χ0v) is 19.0. The van der Waals surface area contributed by atoms with E-state index in [2.05, 4.69) is 27.7 Å². The number of hydrogen-bond acceptors (Lipinski definition) is 2. The molecule has 0 radical (unpaired) electrons. The van der Waals surface area contributed by atoms with Crippen molar-refractivity contribution >= 4 is 5.97 Å². The van der Waals surface area contributed by atoms with Crippen LogP contribution in [0.3, 0.4) is 0 Å². The fourth-order valence-electron chi connectivity index (χ4n) is 8.19. The molecule has 4 saturated carbocycles. The van der Waals surface area contributed by atoms with Crippen molar-refractivity contribution in [3.05, 3.63) is 0 Å². The summed E-state index contributed by atoms with van der Waals surface area (Å²) in [5, 5.41) is 0. The van der Waals surface area contributed by atoms with E-state index in [-0.39, 0.29) is 17.5 Å². The molecule has 0 amide bonds. The summed E-state index contributed by atoms with van der Waals surface area (Å²) < 4.78 is 6.17. The molecule has 0 saturated heterocycles. The Morgan fingerprint density at radius 3 is 2.36 bits per heavy atom. The highest BCUT2D eigenvalue weighted by atomic mass is 16.5. The van der Waals surface area contributed by atoms with Crippen molar-refractivity contribution in [3.8, 4) is 0 Å². The van der Waals surface area contributed by atoms with E-state index in [1.807, 2.05) is 0 Å². The number of hydrogen-bond donors (Lipinski definition) is 0. The highest BCUT2D eigenvalue weighted by molar-refractivity contribution is 5.77. The van der Waals surface area contributed by atoms with Crippen LogP contribution in [-0.4, -0.2) is 12.1 Å². The van der Waals surface area contributed by atoms with E-state index in [1.54, 1.807) is 0 Å². The summed E-state index contributed by atoms with van der Waals surface area (Å²) >= 11 is 0. The lowest BCUT2D eigenvalue weighted by Crippen LogP contribution is -2.56. The Morgan fingerprint density at radius 2 is 1.64 bits per heavy atom. The van der Waals surface area contributed by atoms with Gasteiger partial charge in [-0.2, -0.15) is 0 Å². The fourth-order valence-corrected chi connectivity index (χ4v) is 8.19. The lowest BCUT2D eigenvalue weighted by molar-refractivity contribution is -0.185. The second-order valence-corrected chi connectivity index (χ2v) is 11.8. The van der Waals surface area contributed by atoms with Gasteiger partial charge in [-0.15, -0.1) is 0 Å². The minimum atomic E-state index is -0.246. The standard InChI is InChI=1S/C26H44O2/c1-18(2)19-11-13-22-20(17-19)12-14-23-25(22,3)15-8-16-26(23,4)24(27)28-21-9-6-5-7-10-21/h18-23H,5-17H2,1-4H3/t19?,20?,22-,23?,25+,26+/m0/s1. The quantitative estimate of drug-likeness (QED) is 0.479. The van der Waals surface area contributed by atoms with Crippen LogP contribution in [0, 0.1) is 40.4 Å². The van der Waals surface area contributed by atoms with Gasteiger partial charge >= 0.3 is 5.97 Å². The van der Waals surface area contributed by atoms with Crippen molar-refractivity contribution in [1.29, 1.82) is 0 Å². The van der Waals surface area contributed by atoms with Crippen LogP contribution < -0.4 is 0 Å². The maximum Gasteiger partial charge on any atom is 0.312 e. The Kier molecular flexibility index (Phi) is 5.89. The van der Waals surface area contributed by atoms with Crippen molar-refractivity contribution in [2.24, 2.45) is 40.4 Å². The van der Waals surface area contributed by atoms with Gasteiger partial charge in [0, 0.05) is 0 Å². The van der Waals surface area contributed by atoms with Crippen LogP contribution >= 0.6 is 0 Å². The first-order valence-corrected chi connectivity index (χ1v) is 12.6. The Balaban J connectivity index is 1.51. The van der Waals surface area contributed by atoms with Gasteiger partial charge in [-0.25, -0.2) is 0 Å². The molecule has 6 atom stereocenters. The van der Waals surface area contributed by atoms with Crippen molar-refractivity contribution in [2.45, 2.75) is 117 Å². The summed E-state index contributed by atoms with van der Waals surface area (Å²) in [5.41, 5.74) is 0.105. The minimum Gasteiger partial charge on any atom is -0.462 e. The van der Waals surface area contributed by atoms with Crippen molar-refractivity contribution in [1.82, 2.24) is 0 Å². The topological polar surface area (TPSA) is 26.3 Å². The SMILES string of the molecule is CC(C)C1CC[C@H]2C(CCC3[C@](C)(C(=O)OC4CCCCC4)CCC[C@@]32C)C1. The first-order valence-electron chi connectivity index (χ1n) is 12.6. The van der Waals surface area contributed by atoms with E-state index in [4.69, 9.17) is 4.74 Å². The molecule has 4 rings (SSSR count). The molecule has 0 aromatic rings. The van der Waals surface area contributed by atoms with Crippen LogP contribution in [0.15, 0.2) is 0 Å². The Hall–Kier alpha value is -0.530. The predicted molar refractivity (Wildman–Crippen MR) is 115 cm³/mol. The monoisotopic (exact) mass is 388 g/mol. The summed E-state index contributed by atoms with van der Waals surface area (Å²) in [6, 6.07) is 0. The number of carbonyl (C=O) groups excluding carboxylic acids is 1. The molecule has 0 spiro atoms.